The van der Waals surface area contributed by atoms with Gasteiger partial charge in [0.25, 0.3) is 0 Å². The molecule has 4 rings (SSSR count). The fraction of sp³-hybridized carbons (Fsp3) is 0.250. The molecule has 4 aromatic rings. The van der Waals surface area contributed by atoms with Crippen LogP contribution in [-0.4, -0.2) is 23.8 Å². The maximum atomic E-state index is 10.4. The molecule has 0 atom stereocenters. The molecule has 1 radical (unpaired) electrons. The fourth-order valence-corrected chi connectivity index (χ4v) is 3.17. The lowest BCUT2D eigenvalue weighted by Crippen LogP contribution is -2.49. The average molecular weight is 371 g/mol. The van der Waals surface area contributed by atoms with Gasteiger partial charge in [0.1, 0.15) is 11.2 Å². The van der Waals surface area contributed by atoms with E-state index in [1.54, 1.807) is 21.3 Å². The smallest absolute Gasteiger partial charge is 0.331 e. The predicted molar refractivity (Wildman–Crippen MR) is 116 cm³/mol. The van der Waals surface area contributed by atoms with Gasteiger partial charge in [0.15, 0.2) is 0 Å². The molecule has 0 unspecified atom stereocenters. The van der Waals surface area contributed by atoms with Crippen molar-refractivity contribution in [2.24, 2.45) is 0 Å². The summed E-state index contributed by atoms with van der Waals surface area (Å²) >= 11 is 0. The summed E-state index contributed by atoms with van der Waals surface area (Å²) < 4.78 is 12.3. The van der Waals surface area contributed by atoms with Crippen molar-refractivity contribution >= 4 is 34.9 Å². The molecule has 3 nitrogen and oxygen atoms in total. The minimum Gasteiger partial charge on any atom is -0.455 e. The van der Waals surface area contributed by atoms with Crippen LogP contribution >= 0.6 is 0 Å². The first-order chi connectivity index (χ1) is 13.3. The summed E-state index contributed by atoms with van der Waals surface area (Å²) in [5.74, 6) is 0. The van der Waals surface area contributed by atoms with Crippen molar-refractivity contribution in [2.75, 3.05) is 0 Å². The highest BCUT2D eigenvalue weighted by atomic mass is 16.5. The van der Waals surface area contributed by atoms with Gasteiger partial charge in [-0.1, -0.05) is 60.7 Å². The van der Waals surface area contributed by atoms with Crippen LogP contribution in [0.15, 0.2) is 71.1 Å². The Morgan fingerprint density at radius 1 is 0.857 bits per heavy atom. The van der Waals surface area contributed by atoms with Gasteiger partial charge in [0.05, 0.1) is 11.2 Å². The lowest BCUT2D eigenvalue weighted by atomic mass is 9.80. The zero-order valence-electron chi connectivity index (χ0n) is 16.7. The lowest BCUT2D eigenvalue weighted by Gasteiger charge is -2.37. The Bertz CT molecular complexity index is 1120. The molecule has 0 aliphatic rings. The Hall–Kier alpha value is -2.56. The van der Waals surface area contributed by atoms with E-state index in [0.717, 1.165) is 38.5 Å². The third-order valence-electron chi connectivity index (χ3n) is 5.59. The van der Waals surface area contributed by atoms with Gasteiger partial charge in [-0.25, -0.2) is 0 Å². The Kier molecular flexibility index (Phi) is 4.57. The van der Waals surface area contributed by atoms with Gasteiger partial charge in [-0.2, -0.15) is 0 Å². The molecule has 0 amide bonds. The largest absolute Gasteiger partial charge is 0.455 e. The predicted octanol–water partition coefficient (Wildman–Crippen LogP) is 5.06. The highest BCUT2D eigenvalue weighted by Crippen LogP contribution is 2.35. The molecule has 0 saturated carbocycles. The van der Waals surface area contributed by atoms with Gasteiger partial charge in [0, 0.05) is 16.3 Å². The van der Waals surface area contributed by atoms with Gasteiger partial charge >= 0.3 is 7.48 Å². The fourth-order valence-electron chi connectivity index (χ4n) is 3.17. The summed E-state index contributed by atoms with van der Waals surface area (Å²) in [6, 6.07) is 22.4. The summed E-state index contributed by atoms with van der Waals surface area (Å²) in [7, 11) is 1.73. The second-order valence-electron chi connectivity index (χ2n) is 8.18. The summed E-state index contributed by atoms with van der Waals surface area (Å²) in [5.41, 5.74) is 3.09. The molecule has 0 bridgehead atoms. The maximum absolute atomic E-state index is 10.4. The monoisotopic (exact) mass is 371 g/mol. The first-order valence-corrected chi connectivity index (χ1v) is 9.51. The second kappa shape index (κ2) is 6.80. The van der Waals surface area contributed by atoms with E-state index in [1.165, 1.54) is 0 Å². The minimum atomic E-state index is -0.976. The third-order valence-corrected chi connectivity index (χ3v) is 5.59. The van der Waals surface area contributed by atoms with Crippen LogP contribution in [0, 0.1) is 0 Å². The quantitative estimate of drug-likeness (QED) is 0.499. The van der Waals surface area contributed by atoms with Crippen LogP contribution in [0.4, 0.5) is 0 Å². The third kappa shape index (κ3) is 3.23. The summed E-state index contributed by atoms with van der Waals surface area (Å²) in [4.78, 5) is 0. The number of rotatable bonds is 5. The van der Waals surface area contributed by atoms with E-state index < -0.39 is 11.2 Å². The summed E-state index contributed by atoms with van der Waals surface area (Å²) in [6.45, 7) is 7.26. The molecule has 0 aliphatic heterocycles. The zero-order chi connectivity index (χ0) is 19.9. The number of fused-ring (bicyclic) bond motifs is 3. The van der Waals surface area contributed by atoms with Crippen LogP contribution in [0.25, 0.3) is 33.1 Å². The van der Waals surface area contributed by atoms with Crippen molar-refractivity contribution in [2.45, 2.75) is 38.9 Å². The van der Waals surface area contributed by atoms with E-state index in [2.05, 4.69) is 30.3 Å². The first kappa shape index (κ1) is 18.8. The molecule has 1 aromatic heterocycles. The van der Waals surface area contributed by atoms with Gasteiger partial charge in [-0.3, -0.25) is 0 Å². The van der Waals surface area contributed by atoms with E-state index in [4.69, 9.17) is 9.07 Å². The molecular formula is C24H24BO3. The number of benzene rings is 3. The van der Waals surface area contributed by atoms with Crippen LogP contribution in [0.3, 0.4) is 0 Å². The Labute approximate surface area is 166 Å². The number of hydrogen-bond donors (Lipinski definition) is 1. The SMILES string of the molecule is CC(C)(O)C(C)(C)O[B]c1cccc2oc3c(-c4ccccc4)cccc3c12. The van der Waals surface area contributed by atoms with Crippen LogP contribution in [-0.2, 0) is 4.65 Å². The second-order valence-corrected chi connectivity index (χ2v) is 8.18. The van der Waals surface area contributed by atoms with Gasteiger partial charge in [0.2, 0.25) is 0 Å². The van der Waals surface area contributed by atoms with Crippen LogP contribution in [0.1, 0.15) is 27.7 Å². The summed E-state index contributed by atoms with van der Waals surface area (Å²) in [6.07, 6.45) is 0. The lowest BCUT2D eigenvalue weighted by molar-refractivity contribution is -0.0893. The summed E-state index contributed by atoms with van der Waals surface area (Å²) in [5, 5.41) is 12.4. The molecule has 4 heteroatoms. The van der Waals surface area contributed by atoms with E-state index in [0.29, 0.717) is 0 Å². The Morgan fingerprint density at radius 3 is 2.29 bits per heavy atom. The minimum absolute atomic E-state index is 0.732. The molecule has 0 saturated heterocycles. The van der Waals surface area contributed by atoms with Crippen LogP contribution in [0.5, 0.6) is 0 Å². The van der Waals surface area contributed by atoms with Crippen molar-refractivity contribution in [3.8, 4) is 11.1 Å². The topological polar surface area (TPSA) is 42.6 Å². The van der Waals surface area contributed by atoms with Gasteiger partial charge < -0.3 is 14.2 Å². The van der Waals surface area contributed by atoms with Crippen molar-refractivity contribution in [1.29, 1.82) is 0 Å². The molecule has 0 spiro atoms. The van der Waals surface area contributed by atoms with E-state index in [-0.39, 0.29) is 0 Å². The van der Waals surface area contributed by atoms with Crippen molar-refractivity contribution in [1.82, 2.24) is 0 Å². The van der Waals surface area contributed by atoms with Gasteiger partial charge in [-0.15, -0.1) is 0 Å². The van der Waals surface area contributed by atoms with E-state index >= 15 is 0 Å². The highest BCUT2D eigenvalue weighted by Gasteiger charge is 2.36. The average Bonchev–Trinajstić information content (AvgIpc) is 3.05. The maximum Gasteiger partial charge on any atom is 0.331 e. The molecule has 0 fully saturated rings. The number of aliphatic hydroxyl groups is 1. The van der Waals surface area contributed by atoms with Gasteiger partial charge in [-0.05, 0) is 44.8 Å². The molecule has 28 heavy (non-hydrogen) atoms. The molecule has 141 valence electrons. The van der Waals surface area contributed by atoms with Crippen LogP contribution < -0.4 is 5.46 Å². The molecule has 1 heterocycles. The van der Waals surface area contributed by atoms with Crippen molar-refractivity contribution < 1.29 is 14.2 Å². The van der Waals surface area contributed by atoms with Crippen molar-refractivity contribution in [3.63, 3.8) is 0 Å². The van der Waals surface area contributed by atoms with E-state index in [1.807, 2.05) is 50.2 Å². The normalized spacial score (nSPS) is 12.6. The molecule has 1 N–H and O–H groups in total. The van der Waals surface area contributed by atoms with Crippen molar-refractivity contribution in [3.05, 3.63) is 66.7 Å². The Balaban J connectivity index is 1.82. The van der Waals surface area contributed by atoms with Crippen LogP contribution in [0.2, 0.25) is 0 Å². The first-order valence-electron chi connectivity index (χ1n) is 9.51. The number of para-hydroxylation sites is 1. The standard InChI is InChI=1S/C24H24BO3/c1-23(2,26)24(3,4)28-25-19-14-9-15-20-21(19)18-13-8-12-17(22(18)27-20)16-10-6-5-7-11-16/h5-15,26H,1-4H3. The number of hydrogen-bond acceptors (Lipinski definition) is 3. The molecular weight excluding hydrogens is 347 g/mol. The highest BCUT2D eigenvalue weighted by molar-refractivity contribution is 6.53. The number of furan rings is 1. The zero-order valence-corrected chi connectivity index (χ0v) is 16.7. The Morgan fingerprint density at radius 2 is 1.57 bits per heavy atom. The molecule has 0 aliphatic carbocycles. The van der Waals surface area contributed by atoms with E-state index in [9.17, 15) is 5.11 Å². The molecule has 3 aromatic carbocycles.